The van der Waals surface area contributed by atoms with Gasteiger partial charge in [-0.05, 0) is 13.0 Å². The second kappa shape index (κ2) is 7.61. The van der Waals surface area contributed by atoms with Crippen LogP contribution in [0, 0.1) is 23.3 Å². The molecule has 0 heterocycles. The zero-order valence-electron chi connectivity index (χ0n) is 12.5. The summed E-state index contributed by atoms with van der Waals surface area (Å²) < 4.78 is 57.8. The van der Waals surface area contributed by atoms with Gasteiger partial charge in [0, 0.05) is 14.1 Å². The van der Waals surface area contributed by atoms with Gasteiger partial charge in [-0.2, -0.15) is 5.10 Å². The van der Waals surface area contributed by atoms with E-state index < -0.39 is 46.1 Å². The number of carbonyl (C=O) groups excluding carboxylic acids is 1. The van der Waals surface area contributed by atoms with E-state index in [0.29, 0.717) is 0 Å². The molecule has 0 bridgehead atoms. The van der Waals surface area contributed by atoms with Crippen molar-refractivity contribution in [1.29, 1.82) is 0 Å². The van der Waals surface area contributed by atoms with Crippen molar-refractivity contribution in [1.82, 2.24) is 5.01 Å². The number of benzene rings is 1. The number of esters is 1. The van der Waals surface area contributed by atoms with Crippen molar-refractivity contribution >= 4 is 17.9 Å². The smallest absolute Gasteiger partial charge is 0.343 e. The third-order valence-electron chi connectivity index (χ3n) is 2.53. The highest BCUT2D eigenvalue weighted by molar-refractivity contribution is 6.15. The van der Waals surface area contributed by atoms with Gasteiger partial charge in [-0.1, -0.05) is 0 Å². The van der Waals surface area contributed by atoms with Gasteiger partial charge in [0.25, 0.3) is 0 Å². The fourth-order valence-corrected chi connectivity index (χ4v) is 1.48. The number of ether oxygens (including phenoxy) is 1. The lowest BCUT2D eigenvalue weighted by atomic mass is 10.1. The van der Waals surface area contributed by atoms with Gasteiger partial charge < -0.3 is 14.9 Å². The Morgan fingerprint density at radius 1 is 1.26 bits per heavy atom. The summed E-state index contributed by atoms with van der Waals surface area (Å²) >= 11 is 0. The molecule has 0 aliphatic carbocycles. The van der Waals surface area contributed by atoms with Crippen LogP contribution in [0.2, 0.25) is 0 Å². The number of hydrogen-bond acceptors (Lipinski definition) is 5. The molecule has 0 spiro atoms. The second-order valence-corrected chi connectivity index (χ2v) is 4.42. The zero-order valence-corrected chi connectivity index (χ0v) is 12.5. The Labute approximate surface area is 129 Å². The van der Waals surface area contributed by atoms with Crippen LogP contribution in [-0.4, -0.2) is 43.0 Å². The first-order valence-electron chi connectivity index (χ1n) is 6.35. The Hall–Kier alpha value is -2.58. The van der Waals surface area contributed by atoms with E-state index in [4.69, 9.17) is 0 Å². The monoisotopic (exact) mass is 334 g/mol. The fraction of sp³-hybridized carbons (Fsp3) is 0.286. The van der Waals surface area contributed by atoms with Crippen LogP contribution >= 0.6 is 0 Å². The number of aliphatic hydroxyl groups excluding tert-OH is 1. The molecule has 9 heteroatoms. The maximum absolute atomic E-state index is 13.7. The molecule has 0 fully saturated rings. The molecule has 0 aromatic heterocycles. The topological polar surface area (TPSA) is 62.1 Å². The van der Waals surface area contributed by atoms with Crippen molar-refractivity contribution in [3.63, 3.8) is 0 Å². The molecule has 0 unspecified atom stereocenters. The quantitative estimate of drug-likeness (QED) is 0.131. The minimum atomic E-state index is -2.11. The summed E-state index contributed by atoms with van der Waals surface area (Å²) in [6.07, 6.45) is 0.825. The Bertz CT molecular complexity index is 672. The Balaban J connectivity index is 3.55. The lowest BCUT2D eigenvalue weighted by molar-refractivity contribution is -0.137. The van der Waals surface area contributed by atoms with Crippen LogP contribution in [0.25, 0.3) is 5.76 Å². The van der Waals surface area contributed by atoms with Gasteiger partial charge in [0.05, 0.1) is 18.4 Å². The Morgan fingerprint density at radius 2 is 1.87 bits per heavy atom. The number of hydrogen-bond donors (Lipinski definition) is 1. The highest BCUT2D eigenvalue weighted by Crippen LogP contribution is 2.25. The average Bonchev–Trinajstić information content (AvgIpc) is 2.48. The van der Waals surface area contributed by atoms with Gasteiger partial charge in [-0.15, -0.1) is 0 Å². The van der Waals surface area contributed by atoms with E-state index in [9.17, 15) is 27.5 Å². The van der Waals surface area contributed by atoms with Crippen molar-refractivity contribution < 1.29 is 32.2 Å². The summed E-state index contributed by atoms with van der Waals surface area (Å²) in [6, 6.07) is 0.228. The maximum atomic E-state index is 13.7. The summed E-state index contributed by atoms with van der Waals surface area (Å²) in [5, 5.41) is 14.9. The predicted molar refractivity (Wildman–Crippen MR) is 74.6 cm³/mol. The number of rotatable bonds is 5. The number of aliphatic hydroxyl groups is 1. The first kappa shape index (κ1) is 18.5. The summed E-state index contributed by atoms with van der Waals surface area (Å²) in [7, 11) is 2.99. The molecule has 1 rings (SSSR count). The average molecular weight is 334 g/mol. The van der Waals surface area contributed by atoms with Crippen LogP contribution < -0.4 is 0 Å². The molecule has 0 radical (unpaired) electrons. The minimum absolute atomic E-state index is 0.0694. The van der Waals surface area contributed by atoms with E-state index in [1.807, 2.05) is 0 Å². The van der Waals surface area contributed by atoms with E-state index in [2.05, 4.69) is 9.84 Å². The predicted octanol–water partition coefficient (Wildman–Crippen LogP) is 2.62. The lowest BCUT2D eigenvalue weighted by Crippen LogP contribution is -2.14. The Morgan fingerprint density at radius 3 is 2.39 bits per heavy atom. The van der Waals surface area contributed by atoms with Gasteiger partial charge in [0.1, 0.15) is 11.3 Å². The van der Waals surface area contributed by atoms with Crippen LogP contribution in [0.5, 0.6) is 0 Å². The summed E-state index contributed by atoms with van der Waals surface area (Å²) in [5.74, 6) is -9.94. The number of halogens is 4. The van der Waals surface area contributed by atoms with E-state index >= 15 is 0 Å². The number of hydrazone groups is 1. The van der Waals surface area contributed by atoms with Crippen molar-refractivity contribution in [3.05, 3.63) is 40.5 Å². The van der Waals surface area contributed by atoms with Crippen molar-refractivity contribution in [2.24, 2.45) is 5.10 Å². The standard InChI is InChI=1S/C14H14F4N2O3/c1-4-23-14(22)8(6-19-20(2)3)13(21)7-5-9(15)11(17)12(18)10(7)16/h5-6,21H,4H2,1-3H3/b13-8+,19-6+. The van der Waals surface area contributed by atoms with Gasteiger partial charge in [-0.25, -0.2) is 22.4 Å². The van der Waals surface area contributed by atoms with E-state index in [1.54, 1.807) is 0 Å². The molecule has 1 aromatic rings. The van der Waals surface area contributed by atoms with E-state index in [-0.39, 0.29) is 12.7 Å². The second-order valence-electron chi connectivity index (χ2n) is 4.42. The van der Waals surface area contributed by atoms with Crippen molar-refractivity contribution in [2.75, 3.05) is 20.7 Å². The number of carbonyl (C=O) groups is 1. The maximum Gasteiger partial charge on any atom is 0.343 e. The molecule has 126 valence electrons. The van der Waals surface area contributed by atoms with Gasteiger partial charge in [-0.3, -0.25) is 0 Å². The third kappa shape index (κ3) is 4.21. The highest BCUT2D eigenvalue weighted by Gasteiger charge is 2.25. The van der Waals surface area contributed by atoms with Crippen LogP contribution in [0.1, 0.15) is 12.5 Å². The van der Waals surface area contributed by atoms with Crippen LogP contribution in [0.15, 0.2) is 16.7 Å². The van der Waals surface area contributed by atoms with E-state index in [0.717, 1.165) is 6.21 Å². The molecule has 0 saturated carbocycles. The van der Waals surface area contributed by atoms with Crippen molar-refractivity contribution in [3.8, 4) is 0 Å². The molecular formula is C14H14F4N2O3. The van der Waals surface area contributed by atoms with Crippen LogP contribution in [0.4, 0.5) is 17.6 Å². The minimum Gasteiger partial charge on any atom is -0.506 e. The first-order chi connectivity index (χ1) is 10.7. The molecule has 1 N–H and O–H groups in total. The molecule has 23 heavy (non-hydrogen) atoms. The molecule has 0 aliphatic rings. The zero-order chi connectivity index (χ0) is 17.7. The van der Waals surface area contributed by atoms with Crippen LogP contribution in [0.3, 0.4) is 0 Å². The molecule has 0 aliphatic heterocycles. The van der Waals surface area contributed by atoms with E-state index in [1.165, 1.54) is 26.0 Å². The summed E-state index contributed by atoms with van der Waals surface area (Å²) in [6.45, 7) is 1.41. The summed E-state index contributed by atoms with van der Waals surface area (Å²) in [4.78, 5) is 11.8. The SMILES string of the molecule is CCOC(=O)C(/C=N/N(C)C)=C(/O)c1cc(F)c(F)c(F)c1F. The summed E-state index contributed by atoms with van der Waals surface area (Å²) in [5.41, 5.74) is -1.68. The highest BCUT2D eigenvalue weighted by atomic mass is 19.2. The van der Waals surface area contributed by atoms with Crippen molar-refractivity contribution in [2.45, 2.75) is 6.92 Å². The molecule has 0 saturated heterocycles. The lowest BCUT2D eigenvalue weighted by Gasteiger charge is -2.10. The third-order valence-corrected chi connectivity index (χ3v) is 2.53. The largest absolute Gasteiger partial charge is 0.506 e. The van der Waals surface area contributed by atoms with Gasteiger partial charge in [0.2, 0.25) is 0 Å². The normalized spacial score (nSPS) is 12.3. The van der Waals surface area contributed by atoms with Crippen LogP contribution in [-0.2, 0) is 9.53 Å². The molecule has 1 aromatic carbocycles. The first-order valence-corrected chi connectivity index (χ1v) is 6.35. The molecule has 5 nitrogen and oxygen atoms in total. The van der Waals surface area contributed by atoms with Gasteiger partial charge in [0.15, 0.2) is 23.3 Å². The number of nitrogens with zero attached hydrogens (tertiary/aromatic N) is 2. The fourth-order valence-electron chi connectivity index (χ4n) is 1.48. The molecule has 0 amide bonds. The van der Waals surface area contributed by atoms with Gasteiger partial charge >= 0.3 is 5.97 Å². The molecular weight excluding hydrogens is 320 g/mol. The molecule has 0 atom stereocenters. The Kier molecular flexibility index (Phi) is 6.11.